The van der Waals surface area contributed by atoms with Gasteiger partial charge in [0.2, 0.25) is 0 Å². The van der Waals surface area contributed by atoms with E-state index in [0.717, 1.165) is 7.05 Å². The normalized spacial score (nSPS) is 12.3. The van der Waals surface area contributed by atoms with Crippen LogP contribution in [0.5, 0.6) is 0 Å². The van der Waals surface area contributed by atoms with E-state index in [0.29, 0.717) is 11.1 Å². The van der Waals surface area contributed by atoms with E-state index < -0.39 is 16.9 Å². The van der Waals surface area contributed by atoms with Crippen LogP contribution < -0.4 is 0 Å². The van der Waals surface area contributed by atoms with Crippen LogP contribution in [0.1, 0.15) is 20.7 Å². The van der Waals surface area contributed by atoms with Crippen LogP contribution in [0.2, 0.25) is 0 Å². The van der Waals surface area contributed by atoms with Crippen LogP contribution >= 0.6 is 0 Å². The lowest BCUT2D eigenvalue weighted by Gasteiger charge is -1.86. The molecular formula is C9H7NO5. The van der Waals surface area contributed by atoms with Gasteiger partial charge < -0.3 is 4.74 Å². The summed E-state index contributed by atoms with van der Waals surface area (Å²) in [5.41, 5.74) is 0.718. The summed E-state index contributed by atoms with van der Waals surface area (Å²) in [7, 11) is 0.889. The van der Waals surface area contributed by atoms with Gasteiger partial charge in [0.25, 0.3) is 0 Å². The zero-order valence-electron chi connectivity index (χ0n) is 7.80. The second-order valence-electron chi connectivity index (χ2n) is 2.66. The van der Waals surface area contributed by atoms with Gasteiger partial charge in [-0.3, -0.25) is 10.1 Å². The first kappa shape index (κ1) is 10.8. The summed E-state index contributed by atoms with van der Waals surface area (Å²) in [4.78, 5) is 30.0. The van der Waals surface area contributed by atoms with Crippen molar-refractivity contribution in [1.82, 2.24) is 0 Å². The molecule has 0 amide bonds. The minimum atomic E-state index is -0.550. The van der Waals surface area contributed by atoms with Gasteiger partial charge in [-0.25, -0.2) is 9.59 Å². The van der Waals surface area contributed by atoms with Gasteiger partial charge in [0.1, 0.15) is 0 Å². The number of rotatable bonds is 0. The second-order valence-corrected chi connectivity index (χ2v) is 2.66. The van der Waals surface area contributed by atoms with Crippen molar-refractivity contribution in [2.24, 2.45) is 0 Å². The highest BCUT2D eigenvalue weighted by atomic mass is 16.6. The molecule has 1 heterocycles. The van der Waals surface area contributed by atoms with E-state index in [-0.39, 0.29) is 0 Å². The molecule has 0 N–H and O–H groups in total. The number of benzene rings is 1. The molecule has 0 bridgehead atoms. The Bertz CT molecular complexity index is 389. The van der Waals surface area contributed by atoms with E-state index in [1.165, 1.54) is 0 Å². The monoisotopic (exact) mass is 209 g/mol. The van der Waals surface area contributed by atoms with E-state index in [1.54, 1.807) is 24.3 Å². The Labute approximate surface area is 84.6 Å². The Morgan fingerprint density at radius 3 is 1.80 bits per heavy atom. The second kappa shape index (κ2) is 4.32. The van der Waals surface area contributed by atoms with E-state index >= 15 is 0 Å². The summed E-state index contributed by atoms with van der Waals surface area (Å²) in [6.45, 7) is 0. The maximum atomic E-state index is 10.8. The standard InChI is InChI=1S/C8H4O3.CH3NO2/c9-7-5-3-1-2-4-6(5)8(10)11-7;1-2(3)4/h1-4H;1H3. The van der Waals surface area contributed by atoms with Crippen molar-refractivity contribution in [3.63, 3.8) is 0 Å². The average molecular weight is 209 g/mol. The molecule has 0 spiro atoms. The van der Waals surface area contributed by atoms with Crippen molar-refractivity contribution in [3.8, 4) is 0 Å². The molecule has 15 heavy (non-hydrogen) atoms. The molecule has 0 saturated heterocycles. The van der Waals surface area contributed by atoms with Gasteiger partial charge in [-0.1, -0.05) is 12.1 Å². The third-order valence-corrected chi connectivity index (χ3v) is 1.55. The predicted octanol–water partition coefficient (Wildman–Crippen LogP) is 0.890. The zero-order valence-corrected chi connectivity index (χ0v) is 7.80. The number of nitro groups is 1. The Kier molecular flexibility index (Phi) is 3.12. The molecule has 1 aromatic carbocycles. The smallest absolute Gasteiger partial charge is 0.346 e. The van der Waals surface area contributed by atoms with Crippen LogP contribution in [0.25, 0.3) is 0 Å². The number of hydrogen-bond donors (Lipinski definition) is 0. The number of cyclic esters (lactones) is 2. The van der Waals surface area contributed by atoms with Crippen LogP contribution in [0.15, 0.2) is 24.3 Å². The first-order valence-corrected chi connectivity index (χ1v) is 3.96. The molecule has 1 aliphatic heterocycles. The third-order valence-electron chi connectivity index (χ3n) is 1.55. The molecule has 0 aromatic heterocycles. The van der Waals surface area contributed by atoms with Gasteiger partial charge in [-0.05, 0) is 12.1 Å². The highest BCUT2D eigenvalue weighted by molar-refractivity contribution is 6.14. The van der Waals surface area contributed by atoms with E-state index in [2.05, 4.69) is 4.74 Å². The van der Waals surface area contributed by atoms with Gasteiger partial charge in [-0.15, -0.1) is 0 Å². The molecule has 0 radical (unpaired) electrons. The SMILES string of the molecule is C[N+](=O)[O-].O=C1OC(=O)c2ccccc21. The number of carbonyl (C=O) groups is 2. The summed E-state index contributed by atoms with van der Waals surface area (Å²) in [6.07, 6.45) is 0. The third kappa shape index (κ3) is 2.60. The fourth-order valence-corrected chi connectivity index (χ4v) is 1.03. The Hall–Kier alpha value is -2.24. The molecule has 0 atom stereocenters. The maximum Gasteiger partial charge on any atom is 0.346 e. The van der Waals surface area contributed by atoms with E-state index in [4.69, 9.17) is 10.1 Å². The predicted molar refractivity (Wildman–Crippen MR) is 49.1 cm³/mol. The molecular weight excluding hydrogens is 202 g/mol. The summed E-state index contributed by atoms with van der Waals surface area (Å²) in [5, 5.41) is 8.81. The van der Waals surface area contributed by atoms with Crippen LogP contribution in [-0.2, 0) is 4.74 Å². The fraction of sp³-hybridized carbons (Fsp3) is 0.111. The van der Waals surface area contributed by atoms with Crippen LogP contribution in [0, 0.1) is 10.1 Å². The van der Waals surface area contributed by atoms with Crippen molar-refractivity contribution < 1.29 is 19.2 Å². The molecule has 2 rings (SSSR count). The number of ether oxygens (including phenoxy) is 1. The number of esters is 2. The van der Waals surface area contributed by atoms with Crippen molar-refractivity contribution in [1.29, 1.82) is 0 Å². The highest BCUT2D eigenvalue weighted by Gasteiger charge is 2.28. The molecule has 6 nitrogen and oxygen atoms in total. The lowest BCUT2D eigenvalue weighted by atomic mass is 10.1. The number of fused-ring (bicyclic) bond motifs is 1. The largest absolute Gasteiger partial charge is 0.386 e. The maximum absolute atomic E-state index is 10.8. The summed E-state index contributed by atoms with van der Waals surface area (Å²) in [6, 6.07) is 6.53. The lowest BCUT2D eigenvalue weighted by Crippen LogP contribution is -1.96. The number of nitrogens with zero attached hydrogens (tertiary/aromatic N) is 1. The fourth-order valence-electron chi connectivity index (χ4n) is 1.03. The van der Waals surface area contributed by atoms with Crippen molar-refractivity contribution >= 4 is 11.9 Å². The molecule has 1 aliphatic rings. The van der Waals surface area contributed by atoms with Crippen LogP contribution in [-0.4, -0.2) is 23.9 Å². The van der Waals surface area contributed by atoms with Gasteiger partial charge >= 0.3 is 11.9 Å². The molecule has 0 aliphatic carbocycles. The van der Waals surface area contributed by atoms with Crippen molar-refractivity contribution in [3.05, 3.63) is 45.5 Å². The van der Waals surface area contributed by atoms with E-state index in [1.807, 2.05) is 0 Å². The van der Waals surface area contributed by atoms with Crippen LogP contribution in [0.3, 0.4) is 0 Å². The minimum absolute atomic E-state index is 0.359. The van der Waals surface area contributed by atoms with Gasteiger partial charge in [0, 0.05) is 4.92 Å². The Morgan fingerprint density at radius 1 is 1.13 bits per heavy atom. The lowest BCUT2D eigenvalue weighted by molar-refractivity contribution is -0.445. The first-order valence-electron chi connectivity index (χ1n) is 3.96. The number of carbonyl (C=O) groups excluding carboxylic acids is 2. The summed E-state index contributed by atoms with van der Waals surface area (Å²) >= 11 is 0. The van der Waals surface area contributed by atoms with Crippen molar-refractivity contribution in [2.75, 3.05) is 7.05 Å². The minimum Gasteiger partial charge on any atom is -0.386 e. The first-order chi connectivity index (χ1) is 7.02. The molecule has 78 valence electrons. The Balaban J connectivity index is 0.000000245. The average Bonchev–Trinajstić information content (AvgIpc) is 2.43. The molecule has 6 heteroatoms. The molecule has 0 unspecified atom stereocenters. The zero-order chi connectivity index (χ0) is 11.4. The van der Waals surface area contributed by atoms with Gasteiger partial charge in [-0.2, -0.15) is 0 Å². The topological polar surface area (TPSA) is 86.5 Å². The molecule has 0 fully saturated rings. The molecule has 0 saturated carbocycles. The summed E-state index contributed by atoms with van der Waals surface area (Å²) in [5.74, 6) is -1.10. The van der Waals surface area contributed by atoms with Gasteiger partial charge in [0.15, 0.2) is 7.05 Å². The Morgan fingerprint density at radius 2 is 1.47 bits per heavy atom. The number of hydrogen-bond acceptors (Lipinski definition) is 5. The molecule has 1 aromatic rings. The van der Waals surface area contributed by atoms with Crippen molar-refractivity contribution in [2.45, 2.75) is 0 Å². The summed E-state index contributed by atoms with van der Waals surface area (Å²) < 4.78 is 4.35. The van der Waals surface area contributed by atoms with E-state index in [9.17, 15) is 9.59 Å². The van der Waals surface area contributed by atoms with Gasteiger partial charge in [0.05, 0.1) is 11.1 Å². The quantitative estimate of drug-likeness (QED) is 0.274. The van der Waals surface area contributed by atoms with Crippen LogP contribution in [0.4, 0.5) is 0 Å². The highest BCUT2D eigenvalue weighted by Crippen LogP contribution is 2.18.